The lowest BCUT2D eigenvalue weighted by Crippen LogP contribution is -2.40. The van der Waals surface area contributed by atoms with Crippen molar-refractivity contribution in [1.82, 2.24) is 25.3 Å². The number of aromatic nitrogens is 4. The summed E-state index contributed by atoms with van der Waals surface area (Å²) in [6.45, 7) is 2.32. The third-order valence-electron chi connectivity index (χ3n) is 5.66. The van der Waals surface area contributed by atoms with E-state index in [1.165, 1.54) is 18.6 Å². The van der Waals surface area contributed by atoms with Crippen LogP contribution in [0.15, 0.2) is 49.2 Å². The van der Waals surface area contributed by atoms with Crippen LogP contribution in [0.3, 0.4) is 0 Å². The third kappa shape index (κ3) is 6.23. The van der Waals surface area contributed by atoms with Gasteiger partial charge < -0.3 is 14.8 Å². The van der Waals surface area contributed by atoms with Crippen LogP contribution in [0.5, 0.6) is 17.4 Å². The number of halogens is 3. The van der Waals surface area contributed by atoms with E-state index in [0.29, 0.717) is 35.4 Å². The summed E-state index contributed by atoms with van der Waals surface area (Å²) in [4.78, 5) is 29.4. The Balaban J connectivity index is 1.39. The molecule has 0 bridgehead atoms. The molecule has 11 heteroatoms. The molecule has 0 atom stereocenters. The van der Waals surface area contributed by atoms with Gasteiger partial charge in [0.1, 0.15) is 5.75 Å². The van der Waals surface area contributed by atoms with Gasteiger partial charge in [-0.05, 0) is 50.8 Å². The summed E-state index contributed by atoms with van der Waals surface area (Å²) in [5, 5.41) is 2.78. The molecule has 0 aliphatic heterocycles. The fraction of sp³-hybridized carbons (Fsp3) is 0.375. The van der Waals surface area contributed by atoms with Crippen LogP contribution in [0.25, 0.3) is 11.4 Å². The number of hydrogen-bond acceptors (Lipinski definition) is 7. The average molecular weight is 487 g/mol. The van der Waals surface area contributed by atoms with E-state index in [9.17, 15) is 18.0 Å². The SMILES string of the molecule is CCOc1cccnc1Oc1cncc(-c2ncc(C(=O)NC3CCC(C(F)(F)F)CC3)cn2)c1. The van der Waals surface area contributed by atoms with Crippen molar-refractivity contribution in [1.29, 1.82) is 0 Å². The Bertz CT molecular complexity index is 1150. The number of amides is 1. The van der Waals surface area contributed by atoms with E-state index in [-0.39, 0.29) is 37.3 Å². The van der Waals surface area contributed by atoms with Crippen LogP contribution in [-0.4, -0.2) is 44.7 Å². The topological polar surface area (TPSA) is 99.1 Å². The number of nitrogens with one attached hydrogen (secondary N) is 1. The first-order valence-corrected chi connectivity index (χ1v) is 11.2. The molecule has 3 aromatic rings. The van der Waals surface area contributed by atoms with Crippen LogP contribution in [-0.2, 0) is 0 Å². The normalized spacial score (nSPS) is 18.1. The van der Waals surface area contributed by atoms with Gasteiger partial charge in [-0.25, -0.2) is 15.0 Å². The van der Waals surface area contributed by atoms with Crippen molar-refractivity contribution >= 4 is 5.91 Å². The smallest absolute Gasteiger partial charge is 0.391 e. The Kier molecular flexibility index (Phi) is 7.42. The van der Waals surface area contributed by atoms with E-state index in [2.05, 4.69) is 25.3 Å². The van der Waals surface area contributed by atoms with Crippen LogP contribution in [0.4, 0.5) is 13.2 Å². The molecule has 35 heavy (non-hydrogen) atoms. The predicted molar refractivity (Wildman–Crippen MR) is 120 cm³/mol. The van der Waals surface area contributed by atoms with E-state index in [4.69, 9.17) is 9.47 Å². The van der Waals surface area contributed by atoms with E-state index in [1.54, 1.807) is 30.6 Å². The van der Waals surface area contributed by atoms with Crippen LogP contribution >= 0.6 is 0 Å². The highest BCUT2D eigenvalue weighted by molar-refractivity contribution is 5.93. The molecule has 1 aliphatic rings. The average Bonchev–Trinajstić information content (AvgIpc) is 2.85. The zero-order valence-electron chi connectivity index (χ0n) is 19.0. The molecule has 184 valence electrons. The van der Waals surface area contributed by atoms with Crippen LogP contribution in [0.1, 0.15) is 43.0 Å². The Morgan fingerprint density at radius 1 is 1.09 bits per heavy atom. The number of carbonyl (C=O) groups is 1. The van der Waals surface area contributed by atoms with Crippen LogP contribution in [0, 0.1) is 5.92 Å². The van der Waals surface area contributed by atoms with Crippen molar-refractivity contribution in [3.05, 3.63) is 54.7 Å². The maximum absolute atomic E-state index is 12.8. The number of alkyl halides is 3. The standard InChI is InChI=1S/C24H24F3N5O3/c1-2-34-20-4-3-9-29-23(20)35-19-10-15(11-28-14-19)21-30-12-16(13-31-21)22(33)32-18-7-5-17(6-8-18)24(25,26)27/h3-4,9-14,17-18H,2,5-8H2,1H3,(H,32,33). The maximum Gasteiger partial charge on any atom is 0.391 e. The van der Waals surface area contributed by atoms with E-state index in [1.807, 2.05) is 6.92 Å². The van der Waals surface area contributed by atoms with Crippen molar-refractivity contribution in [2.24, 2.45) is 5.92 Å². The summed E-state index contributed by atoms with van der Waals surface area (Å²) >= 11 is 0. The minimum absolute atomic E-state index is 0.0138. The zero-order valence-corrected chi connectivity index (χ0v) is 19.0. The van der Waals surface area contributed by atoms with Gasteiger partial charge in [-0.15, -0.1) is 0 Å². The highest BCUT2D eigenvalue weighted by atomic mass is 19.4. The second kappa shape index (κ2) is 10.7. The molecule has 1 amide bonds. The molecule has 1 saturated carbocycles. The minimum atomic E-state index is -4.18. The number of pyridine rings is 2. The van der Waals surface area contributed by atoms with Gasteiger partial charge in [-0.3, -0.25) is 9.78 Å². The Morgan fingerprint density at radius 2 is 1.83 bits per heavy atom. The molecule has 1 fully saturated rings. The molecular formula is C24H24F3N5O3. The van der Waals surface area contributed by atoms with Crippen molar-refractivity contribution in [3.63, 3.8) is 0 Å². The van der Waals surface area contributed by atoms with E-state index < -0.39 is 18.0 Å². The highest BCUT2D eigenvalue weighted by Gasteiger charge is 2.41. The van der Waals surface area contributed by atoms with Gasteiger partial charge >= 0.3 is 6.18 Å². The highest BCUT2D eigenvalue weighted by Crippen LogP contribution is 2.37. The Hall–Kier alpha value is -3.76. The number of hydrogen-bond donors (Lipinski definition) is 1. The van der Waals surface area contributed by atoms with E-state index in [0.717, 1.165) is 0 Å². The summed E-state index contributed by atoms with van der Waals surface area (Å²) in [6, 6.07) is 4.88. The molecular weight excluding hydrogens is 463 g/mol. The minimum Gasteiger partial charge on any atom is -0.488 e. The number of carbonyl (C=O) groups excluding carboxylic acids is 1. The molecule has 0 spiro atoms. The predicted octanol–water partition coefficient (Wildman–Crippen LogP) is 4.98. The van der Waals surface area contributed by atoms with Gasteiger partial charge in [0.2, 0.25) is 0 Å². The summed E-state index contributed by atoms with van der Waals surface area (Å²) in [5.74, 6) is -0.182. The Labute approximate surface area is 200 Å². The second-order valence-electron chi connectivity index (χ2n) is 8.11. The number of ether oxygens (including phenoxy) is 2. The molecule has 0 aromatic carbocycles. The van der Waals surface area contributed by atoms with Crippen molar-refractivity contribution in [2.45, 2.75) is 44.8 Å². The lowest BCUT2D eigenvalue weighted by atomic mass is 9.85. The largest absolute Gasteiger partial charge is 0.488 e. The fourth-order valence-electron chi connectivity index (χ4n) is 3.85. The summed E-state index contributed by atoms with van der Waals surface area (Å²) < 4.78 is 49.8. The molecule has 0 saturated heterocycles. The van der Waals surface area contributed by atoms with Crippen LogP contribution in [0.2, 0.25) is 0 Å². The van der Waals surface area contributed by atoms with Crippen molar-refractivity contribution < 1.29 is 27.4 Å². The number of rotatable bonds is 7. The van der Waals surface area contributed by atoms with Crippen LogP contribution < -0.4 is 14.8 Å². The molecule has 1 aliphatic carbocycles. The molecule has 0 unspecified atom stereocenters. The van der Waals surface area contributed by atoms with Gasteiger partial charge in [-0.1, -0.05) is 0 Å². The molecule has 3 heterocycles. The Morgan fingerprint density at radius 3 is 2.51 bits per heavy atom. The van der Waals surface area contributed by atoms with Crippen molar-refractivity contribution in [2.75, 3.05) is 6.61 Å². The molecule has 4 rings (SSSR count). The van der Waals surface area contributed by atoms with Gasteiger partial charge in [0.25, 0.3) is 11.8 Å². The summed E-state index contributed by atoms with van der Waals surface area (Å²) in [5.41, 5.74) is 0.788. The second-order valence-corrected chi connectivity index (χ2v) is 8.11. The van der Waals surface area contributed by atoms with Gasteiger partial charge in [-0.2, -0.15) is 13.2 Å². The summed E-state index contributed by atoms with van der Waals surface area (Å²) in [7, 11) is 0. The number of nitrogens with zero attached hydrogens (tertiary/aromatic N) is 4. The van der Waals surface area contributed by atoms with E-state index >= 15 is 0 Å². The molecule has 0 radical (unpaired) electrons. The van der Waals surface area contributed by atoms with Crippen molar-refractivity contribution in [3.8, 4) is 28.8 Å². The monoisotopic (exact) mass is 487 g/mol. The summed E-state index contributed by atoms with van der Waals surface area (Å²) in [6.07, 6.45) is 3.83. The lowest BCUT2D eigenvalue weighted by molar-refractivity contribution is -0.182. The fourth-order valence-corrected chi connectivity index (χ4v) is 3.85. The molecule has 1 N–H and O–H groups in total. The lowest BCUT2D eigenvalue weighted by Gasteiger charge is -2.30. The first-order valence-electron chi connectivity index (χ1n) is 11.2. The first kappa shape index (κ1) is 24.4. The zero-order chi connectivity index (χ0) is 24.8. The maximum atomic E-state index is 12.8. The quantitative estimate of drug-likeness (QED) is 0.502. The third-order valence-corrected chi connectivity index (χ3v) is 5.66. The molecule has 3 aromatic heterocycles. The van der Waals surface area contributed by atoms with Gasteiger partial charge in [0.05, 0.1) is 24.3 Å². The van der Waals surface area contributed by atoms with Gasteiger partial charge in [0.15, 0.2) is 11.6 Å². The molecule has 8 nitrogen and oxygen atoms in total. The van der Waals surface area contributed by atoms with Gasteiger partial charge in [0, 0.05) is 36.4 Å². The first-order chi connectivity index (χ1) is 16.8.